The Kier molecular flexibility index (Phi) is 5.29. The Morgan fingerprint density at radius 3 is 2.06 bits per heavy atom. The number of anilines is 1. The van der Waals surface area contributed by atoms with Gasteiger partial charge in [-0.15, -0.1) is 0 Å². The minimum Gasteiger partial charge on any atom is -0.457 e. The normalized spacial score (nSPS) is 31.6. The fourth-order valence-electron chi connectivity index (χ4n) is 5.60. The van der Waals surface area contributed by atoms with E-state index in [0.717, 1.165) is 23.3 Å². The van der Waals surface area contributed by atoms with Gasteiger partial charge >= 0.3 is 0 Å². The van der Waals surface area contributed by atoms with Crippen LogP contribution in [-0.2, 0) is 9.59 Å². The molecular formula is C25H25Br2NO3. The number of fused-ring (bicyclic) bond motifs is 5. The van der Waals surface area contributed by atoms with Crippen LogP contribution in [0.4, 0.5) is 5.69 Å². The lowest BCUT2D eigenvalue weighted by Crippen LogP contribution is -2.37. The Labute approximate surface area is 199 Å². The van der Waals surface area contributed by atoms with Crippen molar-refractivity contribution < 1.29 is 14.3 Å². The first-order valence-corrected chi connectivity index (χ1v) is 12.7. The predicted molar refractivity (Wildman–Crippen MR) is 128 cm³/mol. The zero-order valence-corrected chi connectivity index (χ0v) is 20.9. The monoisotopic (exact) mass is 545 g/mol. The average Bonchev–Trinajstić information content (AvgIpc) is 3.33. The van der Waals surface area contributed by atoms with Crippen molar-refractivity contribution in [2.75, 3.05) is 4.90 Å². The topological polar surface area (TPSA) is 46.6 Å². The molecule has 0 N–H and O–H groups in total. The molecule has 1 heterocycles. The molecule has 2 bridgehead atoms. The molecule has 0 radical (unpaired) electrons. The number of alkyl halides is 2. The third-order valence-electron chi connectivity index (χ3n) is 7.10. The summed E-state index contributed by atoms with van der Waals surface area (Å²) in [5.74, 6) is 1.81. The van der Waals surface area contributed by atoms with Gasteiger partial charge in [0.15, 0.2) is 0 Å². The number of carbonyl (C=O) groups is 2. The van der Waals surface area contributed by atoms with Crippen molar-refractivity contribution in [3.05, 3.63) is 53.6 Å². The van der Waals surface area contributed by atoms with Crippen molar-refractivity contribution in [3.63, 3.8) is 0 Å². The molecule has 3 aliphatic rings. The standard InChI is InChI=1S/C25H25Br2NO3/c1-12(2)16-9-4-13(3)10-19(16)31-15-7-5-14(6-8-15)28-24(29)20-17-11-18(21(20)25(28)30)23(27)22(17)26/h4-10,12,17-18,20-23H,11H2,1-3H3/t17-,18-,20-,21+,22-,23+/m0/s1. The number of rotatable bonds is 4. The van der Waals surface area contributed by atoms with Crippen LogP contribution in [0.2, 0.25) is 0 Å². The van der Waals surface area contributed by atoms with Gasteiger partial charge in [0.1, 0.15) is 11.5 Å². The van der Waals surface area contributed by atoms with Gasteiger partial charge in [-0.05, 0) is 72.6 Å². The Morgan fingerprint density at radius 1 is 0.935 bits per heavy atom. The van der Waals surface area contributed by atoms with Crippen molar-refractivity contribution in [2.24, 2.45) is 23.7 Å². The molecule has 6 atom stereocenters. The third kappa shape index (κ3) is 3.29. The lowest BCUT2D eigenvalue weighted by atomic mass is 9.81. The third-order valence-corrected chi connectivity index (χ3v) is 10.3. The van der Waals surface area contributed by atoms with Gasteiger partial charge in [0.25, 0.3) is 0 Å². The van der Waals surface area contributed by atoms with Gasteiger partial charge in [-0.2, -0.15) is 0 Å². The molecular weight excluding hydrogens is 522 g/mol. The van der Waals surface area contributed by atoms with Crippen molar-refractivity contribution in [2.45, 2.75) is 42.8 Å². The summed E-state index contributed by atoms with van der Waals surface area (Å²) in [6.45, 7) is 6.33. The number of imide groups is 1. The molecule has 0 unspecified atom stereocenters. The Balaban J connectivity index is 1.39. The highest BCUT2D eigenvalue weighted by Gasteiger charge is 2.66. The molecule has 1 aliphatic heterocycles. The molecule has 5 rings (SSSR count). The number of hydrogen-bond donors (Lipinski definition) is 0. The lowest BCUT2D eigenvalue weighted by Gasteiger charge is -2.28. The molecule has 2 amide bonds. The van der Waals surface area contributed by atoms with Crippen molar-refractivity contribution >= 4 is 49.4 Å². The van der Waals surface area contributed by atoms with E-state index >= 15 is 0 Å². The minimum atomic E-state index is -0.201. The van der Waals surface area contributed by atoms with Gasteiger partial charge in [-0.25, -0.2) is 0 Å². The van der Waals surface area contributed by atoms with E-state index in [2.05, 4.69) is 57.8 Å². The van der Waals surface area contributed by atoms with Gasteiger partial charge in [0.2, 0.25) is 11.8 Å². The van der Waals surface area contributed by atoms with E-state index in [-0.39, 0.29) is 45.1 Å². The van der Waals surface area contributed by atoms with Crippen LogP contribution in [0.15, 0.2) is 42.5 Å². The Morgan fingerprint density at radius 2 is 1.52 bits per heavy atom. The molecule has 6 heteroatoms. The number of nitrogens with zero attached hydrogens (tertiary/aromatic N) is 1. The molecule has 2 aliphatic carbocycles. The van der Waals surface area contributed by atoms with Crippen LogP contribution in [0.1, 0.15) is 37.3 Å². The second-order valence-corrected chi connectivity index (χ2v) is 11.4. The lowest BCUT2D eigenvalue weighted by molar-refractivity contribution is -0.123. The quantitative estimate of drug-likeness (QED) is 0.339. The highest BCUT2D eigenvalue weighted by Crippen LogP contribution is 2.60. The molecule has 31 heavy (non-hydrogen) atoms. The highest BCUT2D eigenvalue weighted by molar-refractivity contribution is 9.12. The molecule has 2 aromatic rings. The first kappa shape index (κ1) is 21.2. The molecule has 2 aromatic carbocycles. The Bertz CT molecular complexity index is 1020. The van der Waals surface area contributed by atoms with Gasteiger partial charge in [0, 0.05) is 9.65 Å². The number of amides is 2. The van der Waals surface area contributed by atoms with Crippen LogP contribution in [0.3, 0.4) is 0 Å². The van der Waals surface area contributed by atoms with Crippen LogP contribution in [-0.4, -0.2) is 21.5 Å². The molecule has 162 valence electrons. The average molecular weight is 547 g/mol. The summed E-state index contributed by atoms with van der Waals surface area (Å²) in [5, 5.41) is 0. The number of carbonyl (C=O) groups excluding carboxylic acids is 2. The smallest absolute Gasteiger partial charge is 0.238 e. The minimum absolute atomic E-state index is 0.0548. The molecule has 2 saturated carbocycles. The number of aryl methyl sites for hydroxylation is 1. The van der Waals surface area contributed by atoms with E-state index in [1.807, 2.05) is 37.3 Å². The van der Waals surface area contributed by atoms with Crippen LogP contribution in [0, 0.1) is 30.6 Å². The number of benzene rings is 2. The highest BCUT2D eigenvalue weighted by atomic mass is 79.9. The van der Waals surface area contributed by atoms with Crippen LogP contribution in [0.5, 0.6) is 11.5 Å². The summed E-state index contributed by atoms with van der Waals surface area (Å²) in [4.78, 5) is 28.3. The van der Waals surface area contributed by atoms with Gasteiger partial charge < -0.3 is 4.74 Å². The first-order chi connectivity index (χ1) is 14.8. The van der Waals surface area contributed by atoms with Gasteiger partial charge in [-0.1, -0.05) is 57.8 Å². The van der Waals surface area contributed by atoms with E-state index in [0.29, 0.717) is 17.4 Å². The van der Waals surface area contributed by atoms with Crippen molar-refractivity contribution in [1.29, 1.82) is 0 Å². The summed E-state index contributed by atoms with van der Waals surface area (Å²) in [7, 11) is 0. The zero-order valence-electron chi connectivity index (χ0n) is 17.7. The maximum absolute atomic E-state index is 13.2. The molecule has 3 fully saturated rings. The molecule has 0 aromatic heterocycles. The maximum atomic E-state index is 13.2. The predicted octanol–water partition coefficient (Wildman–Crippen LogP) is 6.19. The van der Waals surface area contributed by atoms with Crippen LogP contribution < -0.4 is 9.64 Å². The van der Waals surface area contributed by atoms with E-state index in [1.165, 1.54) is 4.90 Å². The summed E-state index contributed by atoms with van der Waals surface area (Å²) in [6, 6.07) is 13.5. The number of ether oxygens (including phenoxy) is 1. The molecule has 4 nitrogen and oxygen atoms in total. The maximum Gasteiger partial charge on any atom is 0.238 e. The second-order valence-electron chi connectivity index (χ2n) is 9.31. The summed E-state index contributed by atoms with van der Waals surface area (Å²) < 4.78 is 6.17. The summed E-state index contributed by atoms with van der Waals surface area (Å²) in [5.41, 5.74) is 2.92. The van der Waals surface area contributed by atoms with E-state index < -0.39 is 0 Å². The van der Waals surface area contributed by atoms with Crippen LogP contribution >= 0.6 is 31.9 Å². The van der Waals surface area contributed by atoms with Crippen molar-refractivity contribution in [3.8, 4) is 11.5 Å². The molecule has 1 saturated heterocycles. The van der Waals surface area contributed by atoms with Crippen LogP contribution in [0.25, 0.3) is 0 Å². The second kappa shape index (κ2) is 7.73. The summed E-state index contributed by atoms with van der Waals surface area (Å²) in [6.07, 6.45) is 0.938. The van der Waals surface area contributed by atoms with E-state index in [4.69, 9.17) is 4.74 Å². The fraction of sp³-hybridized carbons (Fsp3) is 0.440. The van der Waals surface area contributed by atoms with Gasteiger partial charge in [0.05, 0.1) is 17.5 Å². The van der Waals surface area contributed by atoms with E-state index in [9.17, 15) is 9.59 Å². The fourth-order valence-corrected chi connectivity index (χ4v) is 7.47. The SMILES string of the molecule is Cc1ccc(C(C)C)c(Oc2ccc(N3C(=O)[C@@H]4[C@@H]5C[C@H]([C@H](Br)[C@@H]5Br)[C@@H]4C3=O)cc2)c1. The van der Waals surface area contributed by atoms with Crippen molar-refractivity contribution in [1.82, 2.24) is 0 Å². The zero-order chi connectivity index (χ0) is 22.0. The summed E-state index contributed by atoms with van der Waals surface area (Å²) >= 11 is 7.47. The molecule has 0 spiro atoms. The Hall–Kier alpha value is -1.66. The largest absolute Gasteiger partial charge is 0.457 e. The number of halogens is 2. The van der Waals surface area contributed by atoms with Gasteiger partial charge in [-0.3, -0.25) is 14.5 Å². The number of hydrogen-bond acceptors (Lipinski definition) is 3. The first-order valence-electron chi connectivity index (χ1n) is 10.8. The van der Waals surface area contributed by atoms with E-state index in [1.54, 1.807) is 0 Å².